The Balaban J connectivity index is 1.45. The zero-order valence-corrected chi connectivity index (χ0v) is 25.5. The number of carbonyl (C=O) groups excluding carboxylic acids is 2. The van der Waals surface area contributed by atoms with Gasteiger partial charge in [0.2, 0.25) is 0 Å². The molecule has 0 radical (unpaired) electrons. The summed E-state index contributed by atoms with van der Waals surface area (Å²) in [6, 6.07) is 4.31. The molecule has 3 heterocycles. The molecule has 0 aliphatic carbocycles. The summed E-state index contributed by atoms with van der Waals surface area (Å²) < 4.78 is 52.5. The second kappa shape index (κ2) is 12.5. The van der Waals surface area contributed by atoms with Crippen molar-refractivity contribution in [1.82, 2.24) is 19.8 Å². The summed E-state index contributed by atoms with van der Waals surface area (Å²) in [5.41, 5.74) is 1.29. The molecule has 44 heavy (non-hydrogen) atoms. The average Bonchev–Trinajstić information content (AvgIpc) is 3.48. The summed E-state index contributed by atoms with van der Waals surface area (Å²) in [6.45, 7) is 10.3. The molecule has 10 nitrogen and oxygen atoms in total. The van der Waals surface area contributed by atoms with Crippen molar-refractivity contribution >= 4 is 34.5 Å². The predicted octanol–water partition coefficient (Wildman–Crippen LogP) is 5.14. The molecular weight excluding hydrogens is 577 g/mol. The Morgan fingerprint density at radius 2 is 1.77 bits per heavy atom. The lowest BCUT2D eigenvalue weighted by Crippen LogP contribution is -2.42. The van der Waals surface area contributed by atoms with Gasteiger partial charge in [-0.3, -0.25) is 9.78 Å². The van der Waals surface area contributed by atoms with Crippen LogP contribution in [0.25, 0.3) is 11.0 Å². The topological polar surface area (TPSA) is 100 Å². The third-order valence-electron chi connectivity index (χ3n) is 7.76. The van der Waals surface area contributed by atoms with Gasteiger partial charge < -0.3 is 29.5 Å². The number of morpholine rings is 1. The van der Waals surface area contributed by atoms with Crippen LogP contribution in [-0.2, 0) is 9.47 Å². The first-order valence-corrected chi connectivity index (χ1v) is 14.6. The fourth-order valence-corrected chi connectivity index (χ4v) is 5.40. The van der Waals surface area contributed by atoms with Gasteiger partial charge in [-0.05, 0) is 46.2 Å². The van der Waals surface area contributed by atoms with Crippen LogP contribution < -0.4 is 10.2 Å². The third-order valence-corrected chi connectivity index (χ3v) is 7.76. The number of amides is 2. The van der Waals surface area contributed by atoms with Crippen LogP contribution >= 0.6 is 0 Å². The van der Waals surface area contributed by atoms with Gasteiger partial charge in [0, 0.05) is 62.2 Å². The van der Waals surface area contributed by atoms with E-state index in [1.54, 1.807) is 58.0 Å². The van der Waals surface area contributed by atoms with Gasteiger partial charge in [-0.2, -0.15) is 0 Å². The lowest BCUT2D eigenvalue weighted by molar-refractivity contribution is 0.0226. The van der Waals surface area contributed by atoms with E-state index in [2.05, 4.69) is 10.3 Å². The SMILES string of the molecule is CC(Nc1cc(F)c(F)c(F)c1)c1cc(C(=O)N2CC[C@H](N(C)C(=O)OC(C)(C)C)C2)cc2ncc(N3CCOCC3)nc12. The van der Waals surface area contributed by atoms with E-state index in [0.717, 1.165) is 12.1 Å². The summed E-state index contributed by atoms with van der Waals surface area (Å²) in [7, 11) is 1.66. The lowest BCUT2D eigenvalue weighted by atomic mass is 10.0. The molecule has 0 saturated carbocycles. The number of nitrogens with zero attached hydrogens (tertiary/aromatic N) is 5. The number of nitrogens with one attached hydrogen (secondary N) is 1. The molecule has 2 fully saturated rings. The first-order valence-electron chi connectivity index (χ1n) is 14.6. The zero-order valence-electron chi connectivity index (χ0n) is 25.5. The van der Waals surface area contributed by atoms with Crippen molar-refractivity contribution in [2.45, 2.75) is 51.8 Å². The number of hydrogen-bond acceptors (Lipinski definition) is 8. The van der Waals surface area contributed by atoms with Crippen LogP contribution in [0.4, 0.5) is 29.5 Å². The van der Waals surface area contributed by atoms with Gasteiger partial charge >= 0.3 is 6.09 Å². The van der Waals surface area contributed by atoms with Crippen LogP contribution in [0.5, 0.6) is 0 Å². The molecule has 2 amide bonds. The van der Waals surface area contributed by atoms with Gasteiger partial charge in [-0.1, -0.05) is 0 Å². The van der Waals surface area contributed by atoms with E-state index >= 15 is 0 Å². The highest BCUT2D eigenvalue weighted by Gasteiger charge is 2.34. The quantitative estimate of drug-likeness (QED) is 0.382. The third kappa shape index (κ3) is 6.82. The van der Waals surface area contributed by atoms with Crippen LogP contribution in [-0.4, -0.2) is 89.9 Å². The van der Waals surface area contributed by atoms with Gasteiger partial charge in [0.15, 0.2) is 17.5 Å². The Morgan fingerprint density at radius 3 is 2.43 bits per heavy atom. The number of carbonyl (C=O) groups is 2. The van der Waals surface area contributed by atoms with E-state index in [0.29, 0.717) is 73.8 Å². The van der Waals surface area contributed by atoms with Crippen LogP contribution in [0.2, 0.25) is 0 Å². The Hall–Kier alpha value is -4.13. The highest BCUT2D eigenvalue weighted by molar-refractivity contribution is 5.98. The number of aromatic nitrogens is 2. The molecule has 2 aromatic carbocycles. The van der Waals surface area contributed by atoms with Gasteiger partial charge in [-0.15, -0.1) is 0 Å². The molecule has 2 saturated heterocycles. The van der Waals surface area contributed by atoms with Crippen molar-refractivity contribution in [3.05, 3.63) is 59.0 Å². The van der Waals surface area contributed by atoms with Crippen molar-refractivity contribution in [1.29, 1.82) is 0 Å². The summed E-state index contributed by atoms with van der Waals surface area (Å²) in [6.07, 6.45) is 1.78. The monoisotopic (exact) mass is 614 g/mol. The number of benzene rings is 2. The largest absolute Gasteiger partial charge is 0.444 e. The molecule has 0 spiro atoms. The second-order valence-corrected chi connectivity index (χ2v) is 12.2. The summed E-state index contributed by atoms with van der Waals surface area (Å²) in [5.74, 6) is -3.80. The fourth-order valence-electron chi connectivity index (χ4n) is 5.40. The fraction of sp³-hybridized carbons (Fsp3) is 0.484. The Labute approximate surface area is 254 Å². The Morgan fingerprint density at radius 1 is 1.09 bits per heavy atom. The highest BCUT2D eigenvalue weighted by atomic mass is 19.2. The first-order chi connectivity index (χ1) is 20.8. The minimum Gasteiger partial charge on any atom is -0.444 e. The average molecular weight is 615 g/mol. The number of rotatable bonds is 6. The molecule has 236 valence electrons. The second-order valence-electron chi connectivity index (χ2n) is 12.2. The standard InChI is InChI=1S/C31H37F3N6O4/c1-18(36-20-14-23(32)27(34)24(33)15-20)22-12-19(13-25-28(22)37-26(16-35-25)39-8-10-43-11-9-39)29(41)40-7-6-21(17-40)38(5)30(42)44-31(2,3)4/h12-16,18,21,36H,6-11,17H2,1-5H3/t18?,21-/m0/s1. The number of ether oxygens (including phenoxy) is 2. The van der Waals surface area contributed by atoms with Crippen LogP contribution in [0.15, 0.2) is 30.5 Å². The first kappa shape index (κ1) is 31.3. The number of likely N-dealkylation sites (tertiary alicyclic amines) is 1. The molecule has 1 unspecified atom stereocenters. The molecule has 2 atom stereocenters. The van der Waals surface area contributed by atoms with Crippen molar-refractivity contribution < 1.29 is 32.2 Å². The van der Waals surface area contributed by atoms with E-state index in [4.69, 9.17) is 14.5 Å². The molecule has 1 aromatic heterocycles. The van der Waals surface area contributed by atoms with Gasteiger partial charge in [0.25, 0.3) is 5.91 Å². The smallest absolute Gasteiger partial charge is 0.410 e. The summed E-state index contributed by atoms with van der Waals surface area (Å²) in [5, 5.41) is 3.02. The maximum atomic E-state index is 14.0. The maximum absolute atomic E-state index is 14.0. The Bertz CT molecular complexity index is 1540. The van der Waals surface area contributed by atoms with Crippen LogP contribution in [0.3, 0.4) is 0 Å². The number of hydrogen-bond donors (Lipinski definition) is 1. The molecule has 3 aromatic rings. The van der Waals surface area contributed by atoms with E-state index in [-0.39, 0.29) is 17.6 Å². The number of halogens is 3. The number of fused-ring (bicyclic) bond motifs is 1. The van der Waals surface area contributed by atoms with Crippen molar-refractivity contribution in [2.75, 3.05) is 56.7 Å². The van der Waals surface area contributed by atoms with Gasteiger partial charge in [0.1, 0.15) is 11.4 Å². The van der Waals surface area contributed by atoms with E-state index in [1.165, 1.54) is 4.90 Å². The number of anilines is 2. The lowest BCUT2D eigenvalue weighted by Gasteiger charge is -2.28. The van der Waals surface area contributed by atoms with Crippen molar-refractivity contribution in [2.24, 2.45) is 0 Å². The molecule has 2 aliphatic heterocycles. The molecule has 13 heteroatoms. The zero-order chi connectivity index (χ0) is 31.8. The Kier molecular flexibility index (Phi) is 8.87. The minimum atomic E-state index is -1.55. The van der Waals surface area contributed by atoms with Crippen LogP contribution in [0, 0.1) is 17.5 Å². The van der Waals surface area contributed by atoms with Gasteiger partial charge in [-0.25, -0.2) is 22.9 Å². The van der Waals surface area contributed by atoms with E-state index in [9.17, 15) is 22.8 Å². The molecular formula is C31H37F3N6O4. The predicted molar refractivity (Wildman–Crippen MR) is 159 cm³/mol. The van der Waals surface area contributed by atoms with Crippen molar-refractivity contribution in [3.63, 3.8) is 0 Å². The van der Waals surface area contributed by atoms with E-state index < -0.39 is 35.2 Å². The molecule has 0 bridgehead atoms. The number of likely N-dealkylation sites (N-methyl/N-ethyl adjacent to an activating group) is 1. The normalized spacial score (nSPS) is 18.0. The van der Waals surface area contributed by atoms with E-state index in [1.807, 2.05) is 4.90 Å². The summed E-state index contributed by atoms with van der Waals surface area (Å²) >= 11 is 0. The molecule has 1 N–H and O–H groups in total. The van der Waals surface area contributed by atoms with Crippen LogP contribution in [0.1, 0.15) is 56.1 Å². The molecule has 5 rings (SSSR count). The minimum absolute atomic E-state index is 0.0311. The molecule has 2 aliphatic rings. The maximum Gasteiger partial charge on any atom is 0.410 e. The highest BCUT2D eigenvalue weighted by Crippen LogP contribution is 2.31. The van der Waals surface area contributed by atoms with Gasteiger partial charge in [0.05, 0.1) is 42.5 Å². The summed E-state index contributed by atoms with van der Waals surface area (Å²) in [4.78, 5) is 41.2. The van der Waals surface area contributed by atoms with Crippen molar-refractivity contribution in [3.8, 4) is 0 Å².